The largest absolute Gasteiger partial charge is 0.710 e. The first-order valence-corrected chi connectivity index (χ1v) is 5.95. The van der Waals surface area contributed by atoms with Crippen molar-refractivity contribution < 1.29 is 4.73 Å². The lowest BCUT2D eigenvalue weighted by Gasteiger charge is -2.11. The zero-order valence-electron chi connectivity index (χ0n) is 11.2. The summed E-state index contributed by atoms with van der Waals surface area (Å²) in [4.78, 5) is 2.01. The fraction of sp³-hybridized carbons (Fsp3) is 0.267. The Balaban J connectivity index is 0.00000200. The summed E-state index contributed by atoms with van der Waals surface area (Å²) in [5, 5.41) is 19.6. The third-order valence-electron chi connectivity index (χ3n) is 2.68. The van der Waals surface area contributed by atoms with Crippen LogP contribution in [-0.4, -0.2) is 14.1 Å². The van der Waals surface area contributed by atoms with E-state index < -0.39 is 0 Å². The molecule has 1 aromatic carbocycles. The molecule has 106 valence electrons. The zero-order chi connectivity index (χ0) is 13.8. The van der Waals surface area contributed by atoms with Gasteiger partial charge in [-0.3, -0.25) is 0 Å². The van der Waals surface area contributed by atoms with E-state index in [1.807, 2.05) is 56.3 Å². The van der Waals surface area contributed by atoms with E-state index in [1.165, 1.54) is 6.20 Å². The van der Waals surface area contributed by atoms with Crippen molar-refractivity contribution in [1.82, 2.24) is 0 Å². The van der Waals surface area contributed by atoms with Crippen molar-refractivity contribution in [3.63, 3.8) is 0 Å². The first kappa shape index (κ1) is 15.6. The Morgan fingerprint density at radius 1 is 1.00 bits per heavy atom. The number of aromatic nitrogens is 1. The Bertz CT molecular complexity index is 591. The summed E-state index contributed by atoms with van der Waals surface area (Å²) in [6.07, 6.45) is 1.48. The van der Waals surface area contributed by atoms with Gasteiger partial charge >= 0.3 is 5.82 Å². The number of pyridine rings is 1. The first-order valence-electron chi connectivity index (χ1n) is 5.95. The number of hydrogen-bond donors (Lipinski definition) is 0. The molecule has 0 spiro atoms. The quantitative estimate of drug-likeness (QED) is 0.485. The first-order chi connectivity index (χ1) is 9.06. The van der Waals surface area contributed by atoms with Gasteiger partial charge < -0.3 is 10.1 Å². The van der Waals surface area contributed by atoms with E-state index in [0.717, 1.165) is 11.3 Å². The van der Waals surface area contributed by atoms with Gasteiger partial charge in [0.05, 0.1) is 11.3 Å². The van der Waals surface area contributed by atoms with Gasteiger partial charge in [0.1, 0.15) is 5.69 Å². The molecule has 5 nitrogen and oxygen atoms in total. The Labute approximate surface area is 119 Å². The summed E-state index contributed by atoms with van der Waals surface area (Å²) in [6, 6.07) is 11.1. The Kier molecular flexibility index (Phi) is 5.20. The molecule has 0 atom stereocenters. The molecule has 0 N–H and O–H groups in total. The summed E-state index contributed by atoms with van der Waals surface area (Å²) >= 11 is 0. The molecule has 0 unspecified atom stereocenters. The lowest BCUT2D eigenvalue weighted by molar-refractivity contribution is -0.592. The maximum Gasteiger partial charge on any atom is 0.353 e. The molecule has 2 rings (SSSR count). The summed E-state index contributed by atoms with van der Waals surface area (Å²) in [5.41, 5.74) is 2.70. The molecule has 1 heterocycles. The molecular weight excluding hydrogens is 252 g/mol. The van der Waals surface area contributed by atoms with Gasteiger partial charge in [0.2, 0.25) is 0 Å². The minimum atomic E-state index is 0. The molecule has 20 heavy (non-hydrogen) atoms. The third kappa shape index (κ3) is 3.78. The second kappa shape index (κ2) is 6.65. The predicted octanol–water partition coefficient (Wildman–Crippen LogP) is 3.75. The SMILES string of the molecule is C.Cc1ccc(N=Nc2ccc(N(C)C)cc2)[n+]([O-])c1. The monoisotopic (exact) mass is 272 g/mol. The van der Waals surface area contributed by atoms with Gasteiger partial charge in [-0.2, -0.15) is 0 Å². The molecule has 0 fully saturated rings. The van der Waals surface area contributed by atoms with Gasteiger partial charge in [-0.25, -0.2) is 4.73 Å². The van der Waals surface area contributed by atoms with Crippen molar-refractivity contribution in [2.45, 2.75) is 14.4 Å². The number of azo groups is 1. The topological polar surface area (TPSA) is 54.9 Å². The Morgan fingerprint density at radius 2 is 1.65 bits per heavy atom. The number of nitrogens with zero attached hydrogens (tertiary/aromatic N) is 4. The van der Waals surface area contributed by atoms with Crippen LogP contribution >= 0.6 is 0 Å². The van der Waals surface area contributed by atoms with Crippen molar-refractivity contribution in [1.29, 1.82) is 0 Å². The Morgan fingerprint density at radius 3 is 2.20 bits per heavy atom. The van der Waals surface area contributed by atoms with Gasteiger partial charge in [0.15, 0.2) is 0 Å². The second-order valence-corrected chi connectivity index (χ2v) is 4.50. The zero-order valence-corrected chi connectivity index (χ0v) is 11.2. The van der Waals surface area contributed by atoms with Crippen LogP contribution in [-0.2, 0) is 0 Å². The number of rotatable bonds is 3. The highest BCUT2D eigenvalue weighted by Gasteiger charge is 2.04. The standard InChI is InChI=1S/C14H16N4O.CH4/c1-11-4-9-14(18(19)10-11)16-15-12-5-7-13(8-6-12)17(2)3;/h4-10H,1-3H3;1H4. The van der Waals surface area contributed by atoms with Crippen LogP contribution in [0.3, 0.4) is 0 Å². The molecule has 2 aromatic rings. The summed E-state index contributed by atoms with van der Waals surface area (Å²) in [6.45, 7) is 1.86. The van der Waals surface area contributed by atoms with Gasteiger partial charge in [-0.1, -0.05) is 7.43 Å². The maximum absolute atomic E-state index is 11.6. The summed E-state index contributed by atoms with van der Waals surface area (Å²) in [7, 11) is 3.95. The van der Waals surface area contributed by atoms with Crippen LogP contribution in [0.2, 0.25) is 0 Å². The molecule has 0 radical (unpaired) electrons. The van der Waals surface area contributed by atoms with Gasteiger partial charge in [-0.15, -0.1) is 0 Å². The normalized spacial score (nSPS) is 10.3. The van der Waals surface area contributed by atoms with Crippen molar-refractivity contribution in [3.05, 3.63) is 53.4 Å². The van der Waals surface area contributed by atoms with Crippen LogP contribution < -0.4 is 9.63 Å². The van der Waals surface area contributed by atoms with Gasteiger partial charge in [0.25, 0.3) is 0 Å². The second-order valence-electron chi connectivity index (χ2n) is 4.50. The lowest BCUT2D eigenvalue weighted by atomic mass is 10.3. The van der Waals surface area contributed by atoms with E-state index in [2.05, 4.69) is 10.2 Å². The maximum atomic E-state index is 11.6. The molecule has 0 aliphatic carbocycles. The lowest BCUT2D eigenvalue weighted by Crippen LogP contribution is -2.25. The molecule has 1 aromatic heterocycles. The number of hydrogen-bond acceptors (Lipinski definition) is 4. The minimum Gasteiger partial charge on any atom is -0.710 e. The summed E-state index contributed by atoms with van der Waals surface area (Å²) in [5.74, 6) is 0.280. The average molecular weight is 272 g/mol. The molecule has 0 aliphatic rings. The fourth-order valence-corrected chi connectivity index (χ4v) is 1.58. The highest BCUT2D eigenvalue weighted by atomic mass is 16.5. The van der Waals surface area contributed by atoms with Crippen molar-refractivity contribution >= 4 is 17.2 Å². The number of benzene rings is 1. The van der Waals surface area contributed by atoms with Crippen LogP contribution in [0.5, 0.6) is 0 Å². The van der Waals surface area contributed by atoms with E-state index in [4.69, 9.17) is 0 Å². The van der Waals surface area contributed by atoms with Gasteiger partial charge in [-0.05, 0) is 47.9 Å². The highest BCUT2D eigenvalue weighted by molar-refractivity contribution is 5.51. The van der Waals surface area contributed by atoms with Crippen LogP contribution in [0.4, 0.5) is 17.2 Å². The van der Waals surface area contributed by atoms with E-state index in [0.29, 0.717) is 10.4 Å². The van der Waals surface area contributed by atoms with Crippen molar-refractivity contribution in [2.75, 3.05) is 19.0 Å². The Hall–Kier alpha value is -2.43. The van der Waals surface area contributed by atoms with E-state index >= 15 is 0 Å². The smallest absolute Gasteiger partial charge is 0.353 e. The predicted molar refractivity (Wildman–Crippen MR) is 81.8 cm³/mol. The van der Waals surface area contributed by atoms with E-state index in [9.17, 15) is 5.21 Å². The van der Waals surface area contributed by atoms with Crippen molar-refractivity contribution in [2.24, 2.45) is 10.2 Å². The molecule has 0 aliphatic heterocycles. The number of anilines is 1. The molecule has 5 heteroatoms. The number of aryl methyl sites for hydroxylation is 1. The van der Waals surface area contributed by atoms with Crippen molar-refractivity contribution in [3.8, 4) is 0 Å². The summed E-state index contributed by atoms with van der Waals surface area (Å²) < 4.78 is 0.715. The molecule has 0 bridgehead atoms. The highest BCUT2D eigenvalue weighted by Crippen LogP contribution is 2.19. The van der Waals surface area contributed by atoms with Crippen LogP contribution in [0.15, 0.2) is 52.8 Å². The van der Waals surface area contributed by atoms with Crippen LogP contribution in [0, 0.1) is 12.1 Å². The fourth-order valence-electron chi connectivity index (χ4n) is 1.58. The van der Waals surface area contributed by atoms with Crippen LogP contribution in [0.25, 0.3) is 0 Å². The van der Waals surface area contributed by atoms with Gasteiger partial charge in [0, 0.05) is 25.8 Å². The molecular formula is C15H20N4O. The molecule has 0 amide bonds. The third-order valence-corrected chi connectivity index (χ3v) is 2.68. The van der Waals surface area contributed by atoms with E-state index in [1.54, 1.807) is 6.07 Å². The van der Waals surface area contributed by atoms with Crippen LogP contribution in [0.1, 0.15) is 13.0 Å². The minimum absolute atomic E-state index is 0. The molecule has 0 saturated heterocycles. The average Bonchev–Trinajstić information content (AvgIpc) is 2.38. The molecule has 0 saturated carbocycles. The van der Waals surface area contributed by atoms with E-state index in [-0.39, 0.29) is 13.2 Å².